The van der Waals surface area contributed by atoms with Crippen LogP contribution in [0.5, 0.6) is 0 Å². The smallest absolute Gasteiger partial charge is 0.268 e. The molecule has 0 aliphatic carbocycles. The largest absolute Gasteiger partial charge is 0.333 e. The quantitative estimate of drug-likeness (QED) is 0.419. The fourth-order valence-electron chi connectivity index (χ4n) is 3.57. The molecule has 9 heteroatoms. The third-order valence-electron chi connectivity index (χ3n) is 5.19. The molecule has 0 fully saturated rings. The molecule has 0 saturated carbocycles. The number of nitrogens with one attached hydrogen (secondary N) is 1. The lowest BCUT2D eigenvalue weighted by Crippen LogP contribution is -2.27. The van der Waals surface area contributed by atoms with Crippen LogP contribution in [0.3, 0.4) is 0 Å². The number of carbonyl (C=O) groups is 1. The number of hydrogen-bond donors (Lipinski definition) is 1. The number of benzene rings is 2. The van der Waals surface area contributed by atoms with Gasteiger partial charge in [0.25, 0.3) is 11.4 Å². The number of aryl methyl sites for hydroxylation is 2. The van der Waals surface area contributed by atoms with Crippen molar-refractivity contribution >= 4 is 33.1 Å². The minimum atomic E-state index is -0.304. The van der Waals surface area contributed by atoms with Crippen molar-refractivity contribution in [3.8, 4) is 22.2 Å². The Bertz CT molecular complexity index is 1540. The van der Waals surface area contributed by atoms with E-state index in [1.165, 1.54) is 22.2 Å². The molecule has 0 saturated heterocycles. The number of hydrogen-bond acceptors (Lipinski definition) is 7. The Morgan fingerprint density at radius 2 is 1.94 bits per heavy atom. The van der Waals surface area contributed by atoms with Crippen LogP contribution in [-0.2, 0) is 11.3 Å². The molecule has 2 aromatic carbocycles. The SMILES string of the molecule is Cc1cccc(NC(=O)Cn2cnc3sc(-c4nc(-c5ccccc5)no4)c(C)c3c2=O)c1. The molecule has 0 spiro atoms. The van der Waals surface area contributed by atoms with E-state index in [0.29, 0.717) is 38.1 Å². The lowest BCUT2D eigenvalue weighted by atomic mass is 10.2. The van der Waals surface area contributed by atoms with Crippen molar-refractivity contribution < 1.29 is 9.32 Å². The summed E-state index contributed by atoms with van der Waals surface area (Å²) in [5, 5.41) is 7.32. The second-order valence-electron chi connectivity index (χ2n) is 7.62. The summed E-state index contributed by atoms with van der Waals surface area (Å²) in [4.78, 5) is 35.8. The molecule has 3 heterocycles. The maximum Gasteiger partial charge on any atom is 0.268 e. The molecule has 0 bridgehead atoms. The number of aromatic nitrogens is 4. The highest BCUT2D eigenvalue weighted by atomic mass is 32.1. The number of nitrogens with zero attached hydrogens (tertiary/aromatic N) is 4. The number of anilines is 1. The molecule has 33 heavy (non-hydrogen) atoms. The fourth-order valence-corrected chi connectivity index (χ4v) is 4.64. The lowest BCUT2D eigenvalue weighted by molar-refractivity contribution is -0.116. The third-order valence-corrected chi connectivity index (χ3v) is 6.37. The van der Waals surface area contributed by atoms with Gasteiger partial charge in [-0.3, -0.25) is 14.2 Å². The standard InChI is InChI=1S/C24H19N5O3S/c1-14-7-6-10-17(11-14)26-18(30)12-29-13-25-23-19(24(29)31)15(2)20(33-23)22-27-21(28-32-22)16-8-4-3-5-9-16/h3-11,13H,12H2,1-2H3,(H,26,30). The molecule has 5 rings (SSSR count). The Labute approximate surface area is 192 Å². The van der Waals surface area contributed by atoms with Crippen LogP contribution in [0, 0.1) is 13.8 Å². The molecule has 0 radical (unpaired) electrons. The highest BCUT2D eigenvalue weighted by Crippen LogP contribution is 2.35. The van der Waals surface area contributed by atoms with Crippen molar-refractivity contribution in [2.24, 2.45) is 0 Å². The van der Waals surface area contributed by atoms with Crippen LogP contribution in [0.2, 0.25) is 0 Å². The molecule has 0 aliphatic rings. The van der Waals surface area contributed by atoms with Gasteiger partial charge >= 0.3 is 0 Å². The first-order chi connectivity index (χ1) is 16.0. The van der Waals surface area contributed by atoms with Crippen molar-refractivity contribution in [3.05, 3.63) is 82.4 Å². The van der Waals surface area contributed by atoms with Gasteiger partial charge in [-0.05, 0) is 37.1 Å². The molecule has 1 amide bonds. The van der Waals surface area contributed by atoms with Gasteiger partial charge in [-0.1, -0.05) is 47.6 Å². The first-order valence-corrected chi connectivity index (χ1v) is 11.1. The van der Waals surface area contributed by atoms with E-state index in [0.717, 1.165) is 11.1 Å². The summed E-state index contributed by atoms with van der Waals surface area (Å²) in [6.07, 6.45) is 1.39. The molecule has 0 atom stereocenters. The van der Waals surface area contributed by atoms with Gasteiger partial charge in [-0.15, -0.1) is 11.3 Å². The van der Waals surface area contributed by atoms with Gasteiger partial charge in [-0.2, -0.15) is 4.98 Å². The summed E-state index contributed by atoms with van der Waals surface area (Å²) in [7, 11) is 0. The Balaban J connectivity index is 1.44. The molecule has 0 unspecified atom stereocenters. The fraction of sp³-hybridized carbons (Fsp3) is 0.125. The van der Waals surface area contributed by atoms with E-state index in [-0.39, 0.29) is 18.0 Å². The monoisotopic (exact) mass is 457 g/mol. The van der Waals surface area contributed by atoms with Crippen LogP contribution in [0.1, 0.15) is 11.1 Å². The average molecular weight is 458 g/mol. The van der Waals surface area contributed by atoms with E-state index < -0.39 is 0 Å². The average Bonchev–Trinajstić information content (AvgIpc) is 3.41. The minimum Gasteiger partial charge on any atom is -0.333 e. The molecule has 0 aliphatic heterocycles. The topological polar surface area (TPSA) is 103 Å². The number of amides is 1. The second kappa shape index (κ2) is 8.44. The van der Waals surface area contributed by atoms with E-state index in [9.17, 15) is 9.59 Å². The molecular weight excluding hydrogens is 438 g/mol. The Morgan fingerprint density at radius 1 is 1.12 bits per heavy atom. The first-order valence-electron chi connectivity index (χ1n) is 10.2. The molecule has 5 aromatic rings. The van der Waals surface area contributed by atoms with Crippen LogP contribution >= 0.6 is 11.3 Å². The van der Waals surface area contributed by atoms with Gasteiger partial charge in [0.1, 0.15) is 11.4 Å². The van der Waals surface area contributed by atoms with Gasteiger partial charge in [0.05, 0.1) is 16.6 Å². The predicted molar refractivity (Wildman–Crippen MR) is 127 cm³/mol. The van der Waals surface area contributed by atoms with Crippen LogP contribution in [0.25, 0.3) is 32.4 Å². The number of thiophene rings is 1. The number of carbonyl (C=O) groups excluding carboxylic acids is 1. The summed E-state index contributed by atoms with van der Waals surface area (Å²) in [5.41, 5.74) is 2.96. The Hall–Kier alpha value is -4.11. The van der Waals surface area contributed by atoms with Crippen molar-refractivity contribution in [2.45, 2.75) is 20.4 Å². The van der Waals surface area contributed by atoms with Crippen molar-refractivity contribution in [1.29, 1.82) is 0 Å². The summed E-state index contributed by atoms with van der Waals surface area (Å²) >= 11 is 1.31. The van der Waals surface area contributed by atoms with Gasteiger partial charge in [0.2, 0.25) is 11.7 Å². The van der Waals surface area contributed by atoms with Crippen LogP contribution < -0.4 is 10.9 Å². The van der Waals surface area contributed by atoms with Crippen LogP contribution in [0.4, 0.5) is 5.69 Å². The maximum atomic E-state index is 13.1. The van der Waals surface area contributed by atoms with Gasteiger partial charge < -0.3 is 9.84 Å². The predicted octanol–water partition coefficient (Wildman–Crippen LogP) is 4.43. The highest BCUT2D eigenvalue weighted by molar-refractivity contribution is 7.22. The zero-order valence-corrected chi connectivity index (χ0v) is 18.7. The normalized spacial score (nSPS) is 11.1. The third kappa shape index (κ3) is 4.06. The van der Waals surface area contributed by atoms with Crippen molar-refractivity contribution in [3.63, 3.8) is 0 Å². The molecule has 3 aromatic heterocycles. The molecular formula is C24H19N5O3S. The summed E-state index contributed by atoms with van der Waals surface area (Å²) in [5.74, 6) is 0.500. The van der Waals surface area contributed by atoms with E-state index in [2.05, 4.69) is 20.4 Å². The van der Waals surface area contributed by atoms with E-state index in [4.69, 9.17) is 4.52 Å². The molecule has 164 valence electrons. The zero-order valence-electron chi connectivity index (χ0n) is 17.9. The van der Waals surface area contributed by atoms with Crippen molar-refractivity contribution in [2.75, 3.05) is 5.32 Å². The maximum absolute atomic E-state index is 13.1. The number of rotatable bonds is 5. The summed E-state index contributed by atoms with van der Waals surface area (Å²) in [6.45, 7) is 3.63. The highest BCUT2D eigenvalue weighted by Gasteiger charge is 2.21. The Kier molecular flexibility index (Phi) is 5.31. The molecule has 1 N–H and O–H groups in total. The zero-order chi connectivity index (χ0) is 22.9. The minimum absolute atomic E-state index is 0.140. The summed E-state index contributed by atoms with van der Waals surface area (Å²) in [6, 6.07) is 17.0. The van der Waals surface area contributed by atoms with Crippen LogP contribution in [0.15, 0.2) is 70.2 Å². The van der Waals surface area contributed by atoms with Crippen LogP contribution in [-0.4, -0.2) is 25.6 Å². The van der Waals surface area contributed by atoms with E-state index in [1.54, 1.807) is 6.07 Å². The van der Waals surface area contributed by atoms with E-state index in [1.807, 2.05) is 62.4 Å². The molecule has 8 nitrogen and oxygen atoms in total. The first kappa shape index (κ1) is 20.8. The van der Waals surface area contributed by atoms with Gasteiger partial charge in [0, 0.05) is 11.3 Å². The summed E-state index contributed by atoms with van der Waals surface area (Å²) < 4.78 is 6.78. The van der Waals surface area contributed by atoms with Crippen molar-refractivity contribution in [1.82, 2.24) is 19.7 Å². The second-order valence-corrected chi connectivity index (χ2v) is 8.62. The Morgan fingerprint density at radius 3 is 2.73 bits per heavy atom. The van der Waals surface area contributed by atoms with Gasteiger partial charge in [-0.25, -0.2) is 4.98 Å². The van der Waals surface area contributed by atoms with E-state index >= 15 is 0 Å². The van der Waals surface area contributed by atoms with Gasteiger partial charge in [0.15, 0.2) is 0 Å². The lowest BCUT2D eigenvalue weighted by Gasteiger charge is -2.08. The number of fused-ring (bicyclic) bond motifs is 1.